The molecule has 1 fully saturated rings. The Balaban J connectivity index is 1.73. The van der Waals surface area contributed by atoms with Gasteiger partial charge in [-0.25, -0.2) is 0 Å². The van der Waals surface area contributed by atoms with Gasteiger partial charge >= 0.3 is 11.9 Å². The number of hydrogen-bond acceptors (Lipinski definition) is 3. The van der Waals surface area contributed by atoms with Crippen molar-refractivity contribution < 1.29 is 14.3 Å². The monoisotopic (exact) mass is 392 g/mol. The summed E-state index contributed by atoms with van der Waals surface area (Å²) in [4.78, 5) is 22.4. The number of carbonyl (C=O) groups excluding carboxylic acids is 2. The van der Waals surface area contributed by atoms with Crippen molar-refractivity contribution in [3.05, 3.63) is 12.2 Å². The Labute approximate surface area is 173 Å². The minimum absolute atomic E-state index is 0.159. The maximum Gasteiger partial charge on any atom is 0.317 e. The van der Waals surface area contributed by atoms with E-state index in [0.717, 1.165) is 12.8 Å². The molecule has 162 valence electrons. The zero-order valence-electron chi connectivity index (χ0n) is 18.4. The highest BCUT2D eigenvalue weighted by Gasteiger charge is 2.32. The van der Waals surface area contributed by atoms with Crippen LogP contribution < -0.4 is 0 Å². The fraction of sp³-hybridized carbons (Fsp3) is 0.840. The summed E-state index contributed by atoms with van der Waals surface area (Å²) in [5.74, 6) is -0.806. The number of carbonyl (C=O) groups is 2. The first kappa shape index (κ1) is 24.9. The number of hydrogen-bond donors (Lipinski definition) is 0. The van der Waals surface area contributed by atoms with Gasteiger partial charge in [0.25, 0.3) is 0 Å². The highest BCUT2D eigenvalue weighted by molar-refractivity contribution is 5.94. The zero-order chi connectivity index (χ0) is 20.3. The van der Waals surface area contributed by atoms with Gasteiger partial charge < -0.3 is 4.74 Å². The lowest BCUT2D eigenvalue weighted by Gasteiger charge is -2.04. The molecule has 0 aromatic carbocycles. The highest BCUT2D eigenvalue weighted by Crippen LogP contribution is 2.22. The first-order valence-electron chi connectivity index (χ1n) is 12.1. The van der Waals surface area contributed by atoms with E-state index in [9.17, 15) is 9.59 Å². The minimum atomic E-state index is -0.344. The third kappa shape index (κ3) is 14.0. The van der Waals surface area contributed by atoms with Crippen molar-refractivity contribution in [1.82, 2.24) is 0 Å². The van der Waals surface area contributed by atoms with Crippen molar-refractivity contribution >= 4 is 11.9 Å². The molecule has 0 bridgehead atoms. The second kappa shape index (κ2) is 17.9. The topological polar surface area (TPSA) is 43.4 Å². The lowest BCUT2D eigenvalue weighted by atomic mass is 9.98. The van der Waals surface area contributed by atoms with E-state index in [-0.39, 0.29) is 17.9 Å². The van der Waals surface area contributed by atoms with Crippen LogP contribution in [0.2, 0.25) is 0 Å². The van der Waals surface area contributed by atoms with Crippen molar-refractivity contribution in [3.63, 3.8) is 0 Å². The molecule has 3 nitrogen and oxygen atoms in total. The van der Waals surface area contributed by atoms with E-state index in [2.05, 4.69) is 23.8 Å². The Morgan fingerprint density at radius 2 is 1.18 bits per heavy atom. The predicted molar refractivity (Wildman–Crippen MR) is 117 cm³/mol. The van der Waals surface area contributed by atoms with E-state index in [1.54, 1.807) is 0 Å². The molecule has 0 saturated carbocycles. The fourth-order valence-electron chi connectivity index (χ4n) is 3.91. The molecule has 3 heteroatoms. The third-order valence-electron chi connectivity index (χ3n) is 5.78. The normalized spacial score (nSPS) is 17.0. The quantitative estimate of drug-likeness (QED) is 0.0980. The van der Waals surface area contributed by atoms with E-state index >= 15 is 0 Å². The molecule has 1 saturated heterocycles. The molecule has 1 unspecified atom stereocenters. The van der Waals surface area contributed by atoms with Crippen LogP contribution in [0.5, 0.6) is 0 Å². The molecule has 0 aromatic rings. The Bertz CT molecular complexity index is 428. The van der Waals surface area contributed by atoms with Crippen molar-refractivity contribution in [2.75, 3.05) is 0 Å². The lowest BCUT2D eigenvalue weighted by Crippen LogP contribution is -2.06. The van der Waals surface area contributed by atoms with Gasteiger partial charge in [0.2, 0.25) is 0 Å². The molecule has 1 aliphatic heterocycles. The standard InChI is InChI=1S/C25H44O3/c1-2-3-4-5-6-7-8-9-10-11-12-13-14-15-16-17-18-19-20-21-23-22-24(26)28-25(23)27/h8-9,23H,2-7,10-22H2,1H3/b9-8+. The second-order valence-corrected chi connectivity index (χ2v) is 8.48. The Morgan fingerprint density at radius 1 is 0.714 bits per heavy atom. The molecule has 28 heavy (non-hydrogen) atoms. The molecule has 0 aromatic heterocycles. The molecule has 1 atom stereocenters. The fourth-order valence-corrected chi connectivity index (χ4v) is 3.91. The number of allylic oxidation sites excluding steroid dienone is 2. The van der Waals surface area contributed by atoms with Crippen LogP contribution in [-0.2, 0) is 14.3 Å². The smallest absolute Gasteiger partial charge is 0.317 e. The van der Waals surface area contributed by atoms with Gasteiger partial charge in [-0.1, -0.05) is 103 Å². The molecule has 0 spiro atoms. The Kier molecular flexibility index (Phi) is 16.0. The predicted octanol–water partition coefficient (Wildman–Crippen LogP) is 7.67. The third-order valence-corrected chi connectivity index (χ3v) is 5.78. The van der Waals surface area contributed by atoms with E-state index < -0.39 is 0 Å². The molecular weight excluding hydrogens is 348 g/mol. The van der Waals surface area contributed by atoms with Crippen LogP contribution in [0.25, 0.3) is 0 Å². The van der Waals surface area contributed by atoms with Crippen molar-refractivity contribution in [2.45, 2.75) is 129 Å². The van der Waals surface area contributed by atoms with Crippen LogP contribution in [0.1, 0.15) is 129 Å². The maximum atomic E-state index is 11.4. The van der Waals surface area contributed by atoms with Gasteiger partial charge in [0.15, 0.2) is 0 Å². The van der Waals surface area contributed by atoms with Crippen LogP contribution in [0, 0.1) is 5.92 Å². The second-order valence-electron chi connectivity index (χ2n) is 8.48. The first-order chi connectivity index (χ1) is 13.7. The number of cyclic esters (lactones) is 2. The number of rotatable bonds is 19. The van der Waals surface area contributed by atoms with Crippen LogP contribution in [0.3, 0.4) is 0 Å². The maximum absolute atomic E-state index is 11.4. The van der Waals surface area contributed by atoms with E-state index in [1.807, 2.05) is 0 Å². The van der Waals surface area contributed by atoms with Crippen LogP contribution in [0.15, 0.2) is 12.2 Å². The average molecular weight is 393 g/mol. The molecule has 0 N–H and O–H groups in total. The summed E-state index contributed by atoms with van der Waals surface area (Å²) in [5.41, 5.74) is 0. The number of unbranched alkanes of at least 4 members (excludes halogenated alkanes) is 15. The summed E-state index contributed by atoms with van der Waals surface area (Å²) in [6, 6.07) is 0. The molecule has 1 aliphatic rings. The Hall–Kier alpha value is -1.12. The van der Waals surface area contributed by atoms with Crippen LogP contribution >= 0.6 is 0 Å². The van der Waals surface area contributed by atoms with Crippen LogP contribution in [0.4, 0.5) is 0 Å². The van der Waals surface area contributed by atoms with Gasteiger partial charge in [-0.15, -0.1) is 0 Å². The summed E-state index contributed by atoms with van der Waals surface area (Å²) in [6.45, 7) is 2.27. The van der Waals surface area contributed by atoms with Crippen molar-refractivity contribution in [2.24, 2.45) is 5.92 Å². The van der Waals surface area contributed by atoms with E-state index in [4.69, 9.17) is 0 Å². The lowest BCUT2D eigenvalue weighted by molar-refractivity contribution is -0.153. The largest absolute Gasteiger partial charge is 0.393 e. The molecule has 0 radical (unpaired) electrons. The van der Waals surface area contributed by atoms with Gasteiger partial charge in [0.1, 0.15) is 0 Å². The van der Waals surface area contributed by atoms with Crippen molar-refractivity contribution in [3.8, 4) is 0 Å². The first-order valence-corrected chi connectivity index (χ1v) is 12.1. The summed E-state index contributed by atoms with van der Waals surface area (Å²) in [7, 11) is 0. The molecule has 0 amide bonds. The van der Waals surface area contributed by atoms with Gasteiger partial charge in [0.05, 0.1) is 12.3 Å². The summed E-state index contributed by atoms with van der Waals surface area (Å²) in [6.07, 6.45) is 28.2. The minimum Gasteiger partial charge on any atom is -0.393 e. The summed E-state index contributed by atoms with van der Waals surface area (Å²) in [5, 5.41) is 0. The van der Waals surface area contributed by atoms with Gasteiger partial charge in [0, 0.05) is 0 Å². The van der Waals surface area contributed by atoms with Gasteiger partial charge in [-0.2, -0.15) is 0 Å². The van der Waals surface area contributed by atoms with Gasteiger partial charge in [-0.3, -0.25) is 9.59 Å². The molecule has 0 aliphatic carbocycles. The van der Waals surface area contributed by atoms with E-state index in [0.29, 0.717) is 6.42 Å². The Morgan fingerprint density at radius 3 is 1.64 bits per heavy atom. The summed E-state index contributed by atoms with van der Waals surface area (Å²) >= 11 is 0. The number of esters is 2. The van der Waals surface area contributed by atoms with E-state index in [1.165, 1.54) is 103 Å². The van der Waals surface area contributed by atoms with Crippen LogP contribution in [-0.4, -0.2) is 11.9 Å². The highest BCUT2D eigenvalue weighted by atomic mass is 16.6. The molecular formula is C25H44O3. The SMILES string of the molecule is CCCCCCC/C=C/CCCCCCCCCCCCC1CC(=O)OC1=O. The van der Waals surface area contributed by atoms with Gasteiger partial charge in [-0.05, 0) is 32.1 Å². The molecule has 1 heterocycles. The molecule has 1 rings (SSSR count). The van der Waals surface area contributed by atoms with Crippen molar-refractivity contribution in [1.29, 1.82) is 0 Å². The average Bonchev–Trinajstić information content (AvgIpc) is 3.00. The summed E-state index contributed by atoms with van der Waals surface area (Å²) < 4.78 is 4.58. The number of ether oxygens (including phenoxy) is 1. The zero-order valence-corrected chi connectivity index (χ0v) is 18.4.